The molecule has 3 heterocycles. The lowest BCUT2D eigenvalue weighted by atomic mass is 9.87. The number of halogens is 2. The van der Waals surface area contributed by atoms with E-state index in [4.69, 9.17) is 0 Å². The first-order chi connectivity index (χ1) is 16.2. The average molecular weight is 529 g/mol. The highest BCUT2D eigenvalue weighted by Crippen LogP contribution is 2.45. The topological polar surface area (TPSA) is 44.3 Å². The van der Waals surface area contributed by atoms with Gasteiger partial charge in [0.2, 0.25) is 0 Å². The Balaban J connectivity index is 1.33. The van der Waals surface area contributed by atoms with Crippen LogP contribution in [0.4, 0.5) is 10.2 Å². The van der Waals surface area contributed by atoms with Crippen molar-refractivity contribution in [2.24, 2.45) is 0 Å². The molecule has 2 fully saturated rings. The second kappa shape index (κ2) is 9.23. The molecule has 1 aromatic carbocycles. The van der Waals surface area contributed by atoms with Gasteiger partial charge in [0.1, 0.15) is 18.3 Å². The zero-order valence-corrected chi connectivity index (χ0v) is 22.0. The number of hydrogen-bond acceptors (Lipinski definition) is 5. The molecule has 3 aliphatic rings. The van der Waals surface area contributed by atoms with Crippen LogP contribution in [0.15, 0.2) is 47.3 Å². The molecule has 0 spiro atoms. The van der Waals surface area contributed by atoms with Gasteiger partial charge >= 0.3 is 0 Å². The summed E-state index contributed by atoms with van der Waals surface area (Å²) in [6.45, 7) is 14.8. The zero-order valence-electron chi connectivity index (χ0n) is 20.4. The number of nitrogens with zero attached hydrogens (tertiary/aromatic N) is 4. The molecule has 34 heavy (non-hydrogen) atoms. The predicted molar refractivity (Wildman–Crippen MR) is 139 cm³/mol. The number of aromatic nitrogens is 2. The molecule has 5 rings (SSSR count). The summed E-state index contributed by atoms with van der Waals surface area (Å²) in [5.74, 6) is 1.32. The number of benzene rings is 1. The van der Waals surface area contributed by atoms with Crippen molar-refractivity contribution >= 4 is 21.7 Å². The number of hydrogen-bond donors (Lipinski definition) is 1. The van der Waals surface area contributed by atoms with Gasteiger partial charge in [-0.15, -0.1) is 0 Å². The van der Waals surface area contributed by atoms with Crippen LogP contribution in [0.5, 0.6) is 0 Å². The molecule has 182 valence electrons. The van der Waals surface area contributed by atoms with Crippen LogP contribution in [-0.4, -0.2) is 52.6 Å². The van der Waals surface area contributed by atoms with Gasteiger partial charge in [0.05, 0.1) is 5.69 Å². The average Bonchev–Trinajstić information content (AvgIpc) is 3.33. The maximum Gasteiger partial charge on any atom is 0.143 e. The highest BCUT2D eigenvalue weighted by molar-refractivity contribution is 9.10. The molecule has 2 aliphatic heterocycles. The van der Waals surface area contributed by atoms with Gasteiger partial charge < -0.3 is 15.1 Å². The normalized spacial score (nSPS) is 27.0. The molecular weight excluding hydrogens is 493 g/mol. The molecule has 0 bridgehead atoms. The van der Waals surface area contributed by atoms with E-state index >= 15 is 0 Å². The lowest BCUT2D eigenvalue weighted by Crippen LogP contribution is -2.49. The van der Waals surface area contributed by atoms with Crippen molar-refractivity contribution in [1.29, 1.82) is 0 Å². The molecule has 1 aromatic heterocycles. The Morgan fingerprint density at radius 1 is 1.18 bits per heavy atom. The minimum Gasteiger partial charge on any atom is -0.371 e. The van der Waals surface area contributed by atoms with Crippen molar-refractivity contribution < 1.29 is 4.39 Å². The van der Waals surface area contributed by atoms with E-state index < -0.39 is 6.17 Å². The van der Waals surface area contributed by atoms with Crippen LogP contribution >= 0.6 is 15.9 Å². The van der Waals surface area contributed by atoms with Crippen LogP contribution in [0.25, 0.3) is 0 Å². The lowest BCUT2D eigenvalue weighted by molar-refractivity contribution is 0.285. The van der Waals surface area contributed by atoms with Crippen molar-refractivity contribution in [1.82, 2.24) is 20.2 Å². The fourth-order valence-electron chi connectivity index (χ4n) is 6.06. The Hall–Kier alpha value is -1.99. The first-order valence-corrected chi connectivity index (χ1v) is 13.2. The number of rotatable bonds is 5. The van der Waals surface area contributed by atoms with Crippen LogP contribution in [0.2, 0.25) is 0 Å². The highest BCUT2D eigenvalue weighted by atomic mass is 79.9. The number of alkyl halides is 1. The Bertz CT molecular complexity index is 1050. The number of nitrogens with one attached hydrogen (secondary N) is 1. The summed E-state index contributed by atoms with van der Waals surface area (Å²) in [6, 6.07) is 9.07. The van der Waals surface area contributed by atoms with E-state index in [0.717, 1.165) is 48.5 Å². The van der Waals surface area contributed by atoms with E-state index in [1.165, 1.54) is 24.0 Å². The lowest BCUT2D eigenvalue weighted by Gasteiger charge is -2.42. The van der Waals surface area contributed by atoms with E-state index in [9.17, 15) is 4.39 Å². The minimum absolute atomic E-state index is 0.148. The standard InChI is InChI=1S/C27H35BrFN5/c1-17-15-21(29)25-23(17)26(31-16-30-25)34-13-11-33(12-14-34)18(2)24(19-5-7-20(28)8-6-19)22-9-10-27(3,4)32-22/h5-8,16-17,21-22,24,32H,2,9-15H2,1,3-4H3/t17-,21+,22+,24+/m1/s1. The van der Waals surface area contributed by atoms with Gasteiger partial charge in [-0.3, -0.25) is 0 Å². The van der Waals surface area contributed by atoms with Crippen LogP contribution in [-0.2, 0) is 0 Å². The maximum atomic E-state index is 14.4. The summed E-state index contributed by atoms with van der Waals surface area (Å²) in [7, 11) is 0. The van der Waals surface area contributed by atoms with Gasteiger partial charge in [-0.1, -0.05) is 41.6 Å². The minimum atomic E-state index is -0.970. The summed E-state index contributed by atoms with van der Waals surface area (Å²) < 4.78 is 15.5. The molecular formula is C27H35BrFN5. The van der Waals surface area contributed by atoms with Crippen molar-refractivity contribution in [2.45, 2.75) is 69.6 Å². The largest absolute Gasteiger partial charge is 0.371 e. The van der Waals surface area contributed by atoms with Crippen LogP contribution in [0, 0.1) is 0 Å². The van der Waals surface area contributed by atoms with Gasteiger partial charge in [0.15, 0.2) is 0 Å². The second-order valence-electron chi connectivity index (χ2n) is 10.8. The highest BCUT2D eigenvalue weighted by Gasteiger charge is 2.39. The van der Waals surface area contributed by atoms with Crippen molar-refractivity contribution in [2.75, 3.05) is 31.1 Å². The Kier molecular flexibility index (Phi) is 6.44. The number of fused-ring (bicyclic) bond motifs is 1. The predicted octanol–water partition coefficient (Wildman–Crippen LogP) is 5.71. The third kappa shape index (κ3) is 4.49. The van der Waals surface area contributed by atoms with Gasteiger partial charge in [-0.2, -0.15) is 0 Å². The van der Waals surface area contributed by atoms with E-state index in [0.29, 0.717) is 18.2 Å². The third-order valence-electron chi connectivity index (χ3n) is 7.88. The van der Waals surface area contributed by atoms with Crippen molar-refractivity contribution in [3.8, 4) is 0 Å². The summed E-state index contributed by atoms with van der Waals surface area (Å²) in [6.07, 6.45) is 3.38. The molecule has 5 nitrogen and oxygen atoms in total. The fraction of sp³-hybridized carbons (Fsp3) is 0.556. The van der Waals surface area contributed by atoms with Gasteiger partial charge in [-0.05, 0) is 56.7 Å². The van der Waals surface area contributed by atoms with E-state index in [2.05, 4.69) is 92.6 Å². The molecule has 2 aromatic rings. The first kappa shape index (κ1) is 23.7. The monoisotopic (exact) mass is 527 g/mol. The van der Waals surface area contributed by atoms with Crippen LogP contribution in [0.3, 0.4) is 0 Å². The smallest absolute Gasteiger partial charge is 0.143 e. The molecule has 4 atom stereocenters. The summed E-state index contributed by atoms with van der Waals surface area (Å²) >= 11 is 3.58. The van der Waals surface area contributed by atoms with E-state index in [1.54, 1.807) is 0 Å². The fourth-order valence-corrected chi connectivity index (χ4v) is 6.32. The molecule has 0 saturated carbocycles. The van der Waals surface area contributed by atoms with Crippen LogP contribution < -0.4 is 10.2 Å². The van der Waals surface area contributed by atoms with Gasteiger partial charge in [0.25, 0.3) is 0 Å². The maximum absolute atomic E-state index is 14.4. The summed E-state index contributed by atoms with van der Waals surface area (Å²) in [4.78, 5) is 13.6. The van der Waals surface area contributed by atoms with Gasteiger partial charge in [0, 0.05) is 59.4 Å². The molecule has 7 heteroatoms. The Morgan fingerprint density at radius 3 is 2.53 bits per heavy atom. The quantitative estimate of drug-likeness (QED) is 0.539. The summed E-state index contributed by atoms with van der Waals surface area (Å²) in [5.41, 5.74) is 4.24. The number of anilines is 1. The van der Waals surface area contributed by atoms with Gasteiger partial charge in [-0.25, -0.2) is 14.4 Å². The number of piperazine rings is 1. The molecule has 2 saturated heterocycles. The van der Waals surface area contributed by atoms with E-state index in [-0.39, 0.29) is 17.4 Å². The van der Waals surface area contributed by atoms with Crippen molar-refractivity contribution in [3.05, 3.63) is 64.2 Å². The Morgan fingerprint density at radius 2 is 1.88 bits per heavy atom. The first-order valence-electron chi connectivity index (χ1n) is 12.4. The second-order valence-corrected chi connectivity index (χ2v) is 11.7. The zero-order chi connectivity index (χ0) is 24.0. The molecule has 1 aliphatic carbocycles. The molecule has 1 N–H and O–H groups in total. The summed E-state index contributed by atoms with van der Waals surface area (Å²) in [5, 5.41) is 3.87. The van der Waals surface area contributed by atoms with Crippen LogP contribution in [0.1, 0.15) is 74.9 Å². The Labute approximate surface area is 211 Å². The SMILES string of the molecule is C=C([C@@H](c1ccc(Br)cc1)[C@@H]1CCC(C)(C)N1)N1CCN(c2ncnc3c2[C@H](C)C[C@@H]3F)CC1. The molecule has 0 radical (unpaired) electrons. The third-order valence-corrected chi connectivity index (χ3v) is 8.40. The van der Waals surface area contributed by atoms with E-state index in [1.807, 2.05) is 0 Å². The molecule has 0 unspecified atom stereocenters. The van der Waals surface area contributed by atoms with Crippen molar-refractivity contribution in [3.63, 3.8) is 0 Å². The molecule has 0 amide bonds.